The van der Waals surface area contributed by atoms with Gasteiger partial charge in [-0.25, -0.2) is 0 Å². The number of benzene rings is 2. The monoisotopic (exact) mass is 465 g/mol. The van der Waals surface area contributed by atoms with Crippen molar-refractivity contribution in [1.29, 1.82) is 0 Å². The molecule has 2 aromatic carbocycles. The summed E-state index contributed by atoms with van der Waals surface area (Å²) >= 11 is 5.96. The van der Waals surface area contributed by atoms with E-state index in [1.165, 1.54) is 0 Å². The van der Waals surface area contributed by atoms with Gasteiger partial charge in [0.25, 0.3) is 5.91 Å². The number of aromatic nitrogens is 2. The number of carbonyl (C=O) groups excluding carboxylic acids is 1. The average molecular weight is 466 g/mol. The molecule has 0 bridgehead atoms. The van der Waals surface area contributed by atoms with Crippen LogP contribution in [0.4, 0.5) is 5.69 Å². The second kappa shape index (κ2) is 9.83. The molecular formula is C25H24ClN3O4. The molecule has 8 heteroatoms. The van der Waals surface area contributed by atoms with Crippen molar-refractivity contribution in [2.45, 2.75) is 27.0 Å². The quantitative estimate of drug-likeness (QED) is 0.364. The molecule has 4 aromatic rings. The zero-order valence-corrected chi connectivity index (χ0v) is 19.3. The van der Waals surface area contributed by atoms with Gasteiger partial charge in [-0.1, -0.05) is 29.8 Å². The van der Waals surface area contributed by atoms with Gasteiger partial charge in [0.1, 0.15) is 23.9 Å². The topological polar surface area (TPSA) is 78.5 Å². The van der Waals surface area contributed by atoms with E-state index < -0.39 is 0 Å². The number of carbonyl (C=O) groups is 1. The molecule has 170 valence electrons. The average Bonchev–Trinajstić information content (AvgIpc) is 3.40. The van der Waals surface area contributed by atoms with Crippen LogP contribution in [0.5, 0.6) is 11.5 Å². The summed E-state index contributed by atoms with van der Waals surface area (Å²) in [5, 5.41) is 8.17. The minimum atomic E-state index is -0.347. The third-order valence-electron chi connectivity index (χ3n) is 5.17. The highest BCUT2D eigenvalue weighted by Crippen LogP contribution is 2.23. The standard InChI is InChI=1S/C25H24ClN3O4/c1-16-24(17(2)29(28-16)14-18-7-9-19(26)10-8-18)27-25(30)23-12-11-22(33-23)15-32-21-6-4-5-20(13-21)31-3/h4-13H,14-15H2,1-3H3,(H,27,30). The first-order chi connectivity index (χ1) is 15.9. The van der Waals surface area contributed by atoms with Crippen LogP contribution in [-0.2, 0) is 13.2 Å². The summed E-state index contributed by atoms with van der Waals surface area (Å²) in [6.45, 7) is 4.54. The van der Waals surface area contributed by atoms with Crippen molar-refractivity contribution < 1.29 is 18.7 Å². The minimum Gasteiger partial charge on any atom is -0.497 e. The van der Waals surface area contributed by atoms with Gasteiger partial charge in [0.2, 0.25) is 0 Å². The van der Waals surface area contributed by atoms with Gasteiger partial charge in [0, 0.05) is 11.1 Å². The van der Waals surface area contributed by atoms with Crippen molar-refractivity contribution >= 4 is 23.2 Å². The van der Waals surface area contributed by atoms with Crippen LogP contribution in [0.15, 0.2) is 65.1 Å². The van der Waals surface area contributed by atoms with Crippen LogP contribution in [0, 0.1) is 13.8 Å². The Hall–Kier alpha value is -3.71. The maximum Gasteiger partial charge on any atom is 0.291 e. The summed E-state index contributed by atoms with van der Waals surface area (Å²) in [7, 11) is 1.60. The van der Waals surface area contributed by atoms with Crippen LogP contribution >= 0.6 is 11.6 Å². The summed E-state index contributed by atoms with van der Waals surface area (Å²) in [6.07, 6.45) is 0. The predicted molar refractivity (Wildman–Crippen MR) is 126 cm³/mol. The number of amides is 1. The predicted octanol–water partition coefficient (Wildman–Crippen LogP) is 5.63. The summed E-state index contributed by atoms with van der Waals surface area (Å²) in [6, 6.07) is 18.2. The number of rotatable bonds is 8. The molecule has 0 atom stereocenters. The number of aryl methyl sites for hydroxylation is 1. The summed E-state index contributed by atoms with van der Waals surface area (Å²) < 4.78 is 18.4. The van der Waals surface area contributed by atoms with Crippen molar-refractivity contribution in [2.24, 2.45) is 0 Å². The van der Waals surface area contributed by atoms with E-state index in [0.717, 1.165) is 17.0 Å². The molecule has 0 saturated carbocycles. The Kier molecular flexibility index (Phi) is 6.70. The molecule has 0 aliphatic carbocycles. The van der Waals surface area contributed by atoms with Gasteiger partial charge in [0.15, 0.2) is 5.76 Å². The molecule has 2 heterocycles. The number of halogens is 1. The largest absolute Gasteiger partial charge is 0.497 e. The smallest absolute Gasteiger partial charge is 0.291 e. The number of anilines is 1. The number of hydrogen-bond acceptors (Lipinski definition) is 5. The molecule has 7 nitrogen and oxygen atoms in total. The molecule has 0 aliphatic rings. The van der Waals surface area contributed by atoms with Crippen molar-refractivity contribution in [1.82, 2.24) is 9.78 Å². The molecule has 2 aromatic heterocycles. The minimum absolute atomic E-state index is 0.192. The highest BCUT2D eigenvalue weighted by Gasteiger charge is 2.18. The van der Waals surface area contributed by atoms with Crippen LogP contribution in [-0.4, -0.2) is 22.8 Å². The van der Waals surface area contributed by atoms with E-state index in [4.69, 9.17) is 25.5 Å². The Balaban J connectivity index is 1.40. The van der Waals surface area contributed by atoms with Crippen LogP contribution in [0.1, 0.15) is 33.3 Å². The van der Waals surface area contributed by atoms with E-state index in [9.17, 15) is 4.79 Å². The van der Waals surface area contributed by atoms with E-state index in [1.54, 1.807) is 25.3 Å². The van der Waals surface area contributed by atoms with E-state index in [0.29, 0.717) is 34.5 Å². The lowest BCUT2D eigenvalue weighted by Gasteiger charge is -2.07. The molecule has 0 radical (unpaired) electrons. The lowest BCUT2D eigenvalue weighted by atomic mass is 10.2. The second-order valence-corrected chi connectivity index (χ2v) is 7.95. The summed E-state index contributed by atoms with van der Waals surface area (Å²) in [5.74, 6) is 1.74. The van der Waals surface area contributed by atoms with Crippen LogP contribution in [0.25, 0.3) is 0 Å². The fourth-order valence-electron chi connectivity index (χ4n) is 3.39. The van der Waals surface area contributed by atoms with Gasteiger partial charge in [-0.15, -0.1) is 0 Å². The Morgan fingerprint density at radius 3 is 2.61 bits per heavy atom. The van der Waals surface area contributed by atoms with Gasteiger partial charge >= 0.3 is 0 Å². The van der Waals surface area contributed by atoms with Crippen molar-refractivity contribution in [3.63, 3.8) is 0 Å². The molecule has 0 aliphatic heterocycles. The molecule has 33 heavy (non-hydrogen) atoms. The maximum atomic E-state index is 12.8. The Morgan fingerprint density at radius 1 is 1.09 bits per heavy atom. The first-order valence-electron chi connectivity index (χ1n) is 10.4. The number of hydrogen-bond donors (Lipinski definition) is 1. The maximum absolute atomic E-state index is 12.8. The molecule has 0 unspecified atom stereocenters. The third kappa shape index (κ3) is 5.38. The molecule has 0 fully saturated rings. The number of ether oxygens (including phenoxy) is 2. The van der Waals surface area contributed by atoms with Gasteiger partial charge in [-0.2, -0.15) is 5.10 Å². The number of furan rings is 1. The van der Waals surface area contributed by atoms with Gasteiger partial charge in [0.05, 0.1) is 30.7 Å². The normalized spacial score (nSPS) is 10.8. The number of nitrogens with zero attached hydrogens (tertiary/aromatic N) is 2. The van der Waals surface area contributed by atoms with E-state index in [2.05, 4.69) is 10.4 Å². The summed E-state index contributed by atoms with van der Waals surface area (Å²) in [4.78, 5) is 12.8. The molecule has 4 rings (SSSR count). The van der Waals surface area contributed by atoms with E-state index in [-0.39, 0.29) is 18.3 Å². The molecule has 1 N–H and O–H groups in total. The zero-order chi connectivity index (χ0) is 23.4. The van der Waals surface area contributed by atoms with Crippen molar-refractivity contribution in [3.05, 3.63) is 94.2 Å². The summed E-state index contributed by atoms with van der Waals surface area (Å²) in [5.41, 5.74) is 3.31. The first kappa shape index (κ1) is 22.5. The van der Waals surface area contributed by atoms with Crippen molar-refractivity contribution in [2.75, 3.05) is 12.4 Å². The molecular weight excluding hydrogens is 442 g/mol. The second-order valence-electron chi connectivity index (χ2n) is 7.52. The highest BCUT2D eigenvalue weighted by molar-refractivity contribution is 6.30. The molecule has 1 amide bonds. The van der Waals surface area contributed by atoms with Crippen LogP contribution in [0.2, 0.25) is 5.02 Å². The van der Waals surface area contributed by atoms with Crippen LogP contribution in [0.3, 0.4) is 0 Å². The van der Waals surface area contributed by atoms with Gasteiger partial charge < -0.3 is 19.2 Å². The first-order valence-corrected chi connectivity index (χ1v) is 10.8. The van der Waals surface area contributed by atoms with Gasteiger partial charge in [-0.3, -0.25) is 9.48 Å². The highest BCUT2D eigenvalue weighted by atomic mass is 35.5. The molecule has 0 saturated heterocycles. The number of methoxy groups -OCH3 is 1. The lowest BCUT2D eigenvalue weighted by molar-refractivity contribution is 0.0992. The van der Waals surface area contributed by atoms with Gasteiger partial charge in [-0.05, 0) is 55.8 Å². The number of nitrogens with one attached hydrogen (secondary N) is 1. The Labute approximate surface area is 196 Å². The fraction of sp³-hybridized carbons (Fsp3) is 0.200. The lowest BCUT2D eigenvalue weighted by Crippen LogP contribution is -2.12. The zero-order valence-electron chi connectivity index (χ0n) is 18.6. The van der Waals surface area contributed by atoms with E-state index in [1.807, 2.05) is 61.0 Å². The molecule has 0 spiro atoms. The van der Waals surface area contributed by atoms with Crippen LogP contribution < -0.4 is 14.8 Å². The SMILES string of the molecule is COc1cccc(OCc2ccc(C(=O)Nc3c(C)nn(Cc4ccc(Cl)cc4)c3C)o2)c1. The Morgan fingerprint density at radius 2 is 1.85 bits per heavy atom. The van der Waals surface area contributed by atoms with Crippen molar-refractivity contribution in [3.8, 4) is 11.5 Å². The third-order valence-corrected chi connectivity index (χ3v) is 5.43. The van der Waals surface area contributed by atoms with E-state index >= 15 is 0 Å². The fourth-order valence-corrected chi connectivity index (χ4v) is 3.52. The Bertz CT molecular complexity index is 1260.